The fourth-order valence-electron chi connectivity index (χ4n) is 2.83. The van der Waals surface area contributed by atoms with Crippen LogP contribution < -0.4 is 5.73 Å². The molecule has 0 radical (unpaired) electrons. The summed E-state index contributed by atoms with van der Waals surface area (Å²) in [4.78, 5) is 0. The molecule has 2 aromatic carbocycles. The smallest absolute Gasteiger partial charge is 0.141 e. The Morgan fingerprint density at radius 1 is 1.29 bits per heavy atom. The monoisotopic (exact) mass is 305 g/mol. The molecule has 1 aliphatic heterocycles. The third kappa shape index (κ3) is 3.10. The van der Waals surface area contributed by atoms with Crippen molar-refractivity contribution in [1.29, 1.82) is 0 Å². The minimum atomic E-state index is -0.409. The van der Waals surface area contributed by atoms with E-state index in [1.807, 2.05) is 12.1 Å². The first-order valence-electron chi connectivity index (χ1n) is 7.04. The predicted molar refractivity (Wildman–Crippen MR) is 81.9 cm³/mol. The van der Waals surface area contributed by atoms with Gasteiger partial charge in [-0.3, -0.25) is 0 Å². The number of nitrogens with two attached hydrogens (primary N) is 1. The van der Waals surface area contributed by atoms with E-state index in [0.717, 1.165) is 17.5 Å². The van der Waals surface area contributed by atoms with Crippen molar-refractivity contribution in [1.82, 2.24) is 0 Å². The average molecular weight is 306 g/mol. The Bertz CT molecular complexity index is 646. The molecule has 0 bridgehead atoms. The standard InChI is InChI=1S/C17H17ClFNO/c18-14-9-11(5-6-15(14)19)10-16(20)17-13-4-2-1-3-12(13)7-8-21-17/h1-6,9,16-17H,7-8,10,20H2. The van der Waals surface area contributed by atoms with Gasteiger partial charge < -0.3 is 10.5 Å². The zero-order valence-corrected chi connectivity index (χ0v) is 12.3. The first kappa shape index (κ1) is 14.5. The van der Waals surface area contributed by atoms with E-state index >= 15 is 0 Å². The van der Waals surface area contributed by atoms with E-state index in [9.17, 15) is 4.39 Å². The number of ether oxygens (including phenoxy) is 1. The summed E-state index contributed by atoms with van der Waals surface area (Å²) in [7, 11) is 0. The molecule has 2 unspecified atom stereocenters. The Labute approximate surface area is 128 Å². The van der Waals surface area contributed by atoms with Crippen LogP contribution in [0.25, 0.3) is 0 Å². The van der Waals surface area contributed by atoms with Crippen LogP contribution in [-0.4, -0.2) is 12.6 Å². The van der Waals surface area contributed by atoms with E-state index < -0.39 is 5.82 Å². The number of fused-ring (bicyclic) bond motifs is 1. The first-order valence-corrected chi connectivity index (χ1v) is 7.42. The molecule has 110 valence electrons. The van der Waals surface area contributed by atoms with Gasteiger partial charge in [0.1, 0.15) is 5.82 Å². The van der Waals surface area contributed by atoms with Crippen LogP contribution >= 0.6 is 11.6 Å². The van der Waals surface area contributed by atoms with Crippen molar-refractivity contribution >= 4 is 11.6 Å². The normalized spacial score (nSPS) is 19.1. The third-order valence-corrected chi connectivity index (χ3v) is 4.16. The summed E-state index contributed by atoms with van der Waals surface area (Å²) in [6.07, 6.45) is 1.39. The maximum atomic E-state index is 13.2. The molecule has 0 aromatic heterocycles. The van der Waals surface area contributed by atoms with Crippen molar-refractivity contribution in [2.75, 3.05) is 6.61 Å². The van der Waals surface area contributed by atoms with Gasteiger partial charge in [-0.05, 0) is 41.7 Å². The maximum Gasteiger partial charge on any atom is 0.141 e. The van der Waals surface area contributed by atoms with Crippen LogP contribution in [0.5, 0.6) is 0 Å². The highest BCUT2D eigenvalue weighted by molar-refractivity contribution is 6.30. The van der Waals surface area contributed by atoms with Crippen molar-refractivity contribution in [2.45, 2.75) is 25.0 Å². The third-order valence-electron chi connectivity index (χ3n) is 3.87. The molecule has 0 amide bonds. The largest absolute Gasteiger partial charge is 0.372 e. The molecule has 2 N–H and O–H groups in total. The lowest BCUT2D eigenvalue weighted by molar-refractivity contribution is 0.0246. The lowest BCUT2D eigenvalue weighted by Crippen LogP contribution is -2.35. The zero-order valence-electron chi connectivity index (χ0n) is 11.6. The van der Waals surface area contributed by atoms with E-state index in [2.05, 4.69) is 12.1 Å². The fraction of sp³-hybridized carbons (Fsp3) is 0.294. The van der Waals surface area contributed by atoms with Gasteiger partial charge in [0.05, 0.1) is 17.7 Å². The number of hydrogen-bond donors (Lipinski definition) is 1. The minimum absolute atomic E-state index is 0.126. The highest BCUT2D eigenvalue weighted by atomic mass is 35.5. The van der Waals surface area contributed by atoms with Crippen molar-refractivity contribution in [2.24, 2.45) is 5.73 Å². The van der Waals surface area contributed by atoms with Gasteiger partial charge in [-0.15, -0.1) is 0 Å². The summed E-state index contributed by atoms with van der Waals surface area (Å²) in [5.41, 5.74) is 9.69. The summed E-state index contributed by atoms with van der Waals surface area (Å²) in [5.74, 6) is -0.409. The lowest BCUT2D eigenvalue weighted by Gasteiger charge is -2.30. The Morgan fingerprint density at radius 2 is 2.10 bits per heavy atom. The van der Waals surface area contributed by atoms with Gasteiger partial charge >= 0.3 is 0 Å². The molecule has 0 saturated carbocycles. The van der Waals surface area contributed by atoms with Crippen LogP contribution in [0.1, 0.15) is 22.8 Å². The molecular formula is C17H17ClFNO. The van der Waals surface area contributed by atoms with E-state index in [1.165, 1.54) is 11.6 Å². The molecule has 0 fully saturated rings. The van der Waals surface area contributed by atoms with Gasteiger partial charge in [0.15, 0.2) is 0 Å². The second kappa shape index (κ2) is 6.14. The van der Waals surface area contributed by atoms with Crippen molar-refractivity contribution in [3.8, 4) is 0 Å². The molecule has 0 saturated heterocycles. The van der Waals surface area contributed by atoms with Gasteiger partial charge in [-0.2, -0.15) is 0 Å². The van der Waals surface area contributed by atoms with Gasteiger partial charge in [0.2, 0.25) is 0 Å². The van der Waals surface area contributed by atoms with E-state index in [1.54, 1.807) is 12.1 Å². The molecule has 1 heterocycles. The van der Waals surface area contributed by atoms with E-state index in [-0.39, 0.29) is 17.2 Å². The number of benzene rings is 2. The number of halogens is 2. The quantitative estimate of drug-likeness (QED) is 0.939. The molecule has 0 aliphatic carbocycles. The highest BCUT2D eigenvalue weighted by Crippen LogP contribution is 2.30. The second-order valence-electron chi connectivity index (χ2n) is 5.36. The van der Waals surface area contributed by atoms with Gasteiger partial charge in [0.25, 0.3) is 0 Å². The summed E-state index contributed by atoms with van der Waals surface area (Å²) in [6, 6.07) is 12.8. The molecule has 21 heavy (non-hydrogen) atoms. The van der Waals surface area contributed by atoms with Crippen LogP contribution in [0.2, 0.25) is 5.02 Å². The molecular weight excluding hydrogens is 289 g/mol. The zero-order chi connectivity index (χ0) is 14.8. The van der Waals surface area contributed by atoms with Gasteiger partial charge in [-0.25, -0.2) is 4.39 Å². The van der Waals surface area contributed by atoms with Crippen molar-refractivity contribution < 1.29 is 9.13 Å². The molecule has 3 rings (SSSR count). The number of rotatable bonds is 3. The maximum absolute atomic E-state index is 13.2. The summed E-state index contributed by atoms with van der Waals surface area (Å²) < 4.78 is 19.1. The van der Waals surface area contributed by atoms with E-state index in [0.29, 0.717) is 13.0 Å². The molecule has 2 nitrogen and oxygen atoms in total. The molecule has 1 aliphatic rings. The van der Waals surface area contributed by atoms with Crippen LogP contribution in [0, 0.1) is 5.82 Å². The molecule has 4 heteroatoms. The average Bonchev–Trinajstić information content (AvgIpc) is 2.50. The highest BCUT2D eigenvalue weighted by Gasteiger charge is 2.26. The van der Waals surface area contributed by atoms with Gasteiger partial charge in [0, 0.05) is 6.04 Å². The predicted octanol–water partition coefficient (Wildman–Crippen LogP) is 3.66. The minimum Gasteiger partial charge on any atom is -0.372 e. The van der Waals surface area contributed by atoms with Crippen LogP contribution in [0.3, 0.4) is 0 Å². The Hall–Kier alpha value is -1.42. The molecule has 0 spiro atoms. The van der Waals surface area contributed by atoms with Crippen LogP contribution in [0.15, 0.2) is 42.5 Å². The number of hydrogen-bond acceptors (Lipinski definition) is 2. The van der Waals surface area contributed by atoms with Crippen molar-refractivity contribution in [3.63, 3.8) is 0 Å². The summed E-state index contributed by atoms with van der Waals surface area (Å²) in [6.45, 7) is 0.680. The lowest BCUT2D eigenvalue weighted by atomic mass is 9.91. The Morgan fingerprint density at radius 3 is 2.90 bits per heavy atom. The van der Waals surface area contributed by atoms with Crippen LogP contribution in [0.4, 0.5) is 4.39 Å². The topological polar surface area (TPSA) is 35.2 Å². The van der Waals surface area contributed by atoms with E-state index in [4.69, 9.17) is 22.1 Å². The first-order chi connectivity index (χ1) is 10.1. The van der Waals surface area contributed by atoms with Gasteiger partial charge in [-0.1, -0.05) is 41.9 Å². The summed E-state index contributed by atoms with van der Waals surface area (Å²) >= 11 is 5.82. The SMILES string of the molecule is NC(Cc1ccc(F)c(Cl)c1)C1OCCc2ccccc21. The Balaban J connectivity index is 1.80. The summed E-state index contributed by atoms with van der Waals surface area (Å²) in [5, 5.41) is 0.129. The fourth-order valence-corrected chi connectivity index (χ4v) is 3.03. The second-order valence-corrected chi connectivity index (χ2v) is 5.76. The molecule has 2 aromatic rings. The molecule has 2 atom stereocenters. The van der Waals surface area contributed by atoms with Crippen LogP contribution in [-0.2, 0) is 17.6 Å². The van der Waals surface area contributed by atoms with Crippen molar-refractivity contribution in [3.05, 3.63) is 70.0 Å². The Kier molecular flexibility index (Phi) is 4.24.